The highest BCUT2D eigenvalue weighted by molar-refractivity contribution is 6.46. The van der Waals surface area contributed by atoms with Crippen molar-refractivity contribution in [2.24, 2.45) is 5.92 Å². The van der Waals surface area contributed by atoms with Crippen LogP contribution in [-0.2, 0) is 9.31 Å². The second kappa shape index (κ2) is 18.3. The first kappa shape index (κ1) is 24.5. The molecule has 0 aromatic rings. The Morgan fingerprint density at radius 3 is 1.52 bits per heavy atom. The third-order valence-electron chi connectivity index (χ3n) is 4.98. The van der Waals surface area contributed by atoms with E-state index in [1.54, 1.807) is 0 Å². The molecule has 0 saturated heterocycles. The molecule has 0 amide bonds. The van der Waals surface area contributed by atoms with E-state index in [2.05, 4.69) is 26.8 Å². The molecule has 2 atom stereocenters. The van der Waals surface area contributed by atoms with Crippen molar-refractivity contribution >= 4 is 7.12 Å². The van der Waals surface area contributed by atoms with E-state index in [1.807, 2.05) is 6.92 Å². The van der Waals surface area contributed by atoms with Gasteiger partial charge in [0.2, 0.25) is 0 Å². The van der Waals surface area contributed by atoms with Gasteiger partial charge < -0.3 is 9.31 Å². The van der Waals surface area contributed by atoms with Crippen LogP contribution in [-0.4, -0.2) is 20.3 Å². The van der Waals surface area contributed by atoms with Crippen molar-refractivity contribution in [3.63, 3.8) is 0 Å². The summed E-state index contributed by atoms with van der Waals surface area (Å²) in [6.07, 6.45) is 15.1. The second-order valence-corrected chi connectivity index (χ2v) is 7.42. The summed E-state index contributed by atoms with van der Waals surface area (Å²) in [5.74, 6) is 0.0734. The molecule has 0 bridgehead atoms. The van der Waals surface area contributed by atoms with Crippen LogP contribution in [0.5, 0.6) is 0 Å². The Kier molecular flexibility index (Phi) is 17.9. The summed E-state index contributed by atoms with van der Waals surface area (Å²) in [7, 11) is -0.235. The van der Waals surface area contributed by atoms with Crippen molar-refractivity contribution < 1.29 is 9.31 Å². The molecule has 0 aliphatic carbocycles. The van der Waals surface area contributed by atoms with Gasteiger partial charge in [-0.1, -0.05) is 85.0 Å². The summed E-state index contributed by atoms with van der Waals surface area (Å²) in [5.41, 5.74) is 0. The van der Waals surface area contributed by atoms with Gasteiger partial charge in [-0.25, -0.2) is 0 Å². The Labute approximate surface area is 158 Å². The minimum atomic E-state index is -0.235. The van der Waals surface area contributed by atoms with Gasteiger partial charge in [0, 0.05) is 24.9 Å². The van der Waals surface area contributed by atoms with Crippen molar-refractivity contribution in [3.8, 4) is 6.07 Å². The Balaban J connectivity index is 3.97. The van der Waals surface area contributed by atoms with E-state index >= 15 is 0 Å². The molecule has 0 aromatic carbocycles. The lowest BCUT2D eigenvalue weighted by molar-refractivity contribution is 0.178. The highest BCUT2D eigenvalue weighted by Crippen LogP contribution is 2.22. The predicted octanol–water partition coefficient (Wildman–Crippen LogP) is 6.78. The van der Waals surface area contributed by atoms with E-state index in [1.165, 1.54) is 64.2 Å². The van der Waals surface area contributed by atoms with Gasteiger partial charge in [-0.15, -0.1) is 0 Å². The minimum absolute atomic E-state index is 0.0425. The molecule has 0 aliphatic heterocycles. The van der Waals surface area contributed by atoms with Crippen molar-refractivity contribution in [1.82, 2.24) is 0 Å². The molecule has 0 heterocycles. The number of hydrogen-bond donors (Lipinski definition) is 0. The molecule has 25 heavy (non-hydrogen) atoms. The van der Waals surface area contributed by atoms with Gasteiger partial charge in [-0.2, -0.15) is 5.26 Å². The fraction of sp³-hybridized carbons (Fsp3) is 0.952. The zero-order chi connectivity index (χ0) is 18.8. The van der Waals surface area contributed by atoms with Crippen LogP contribution in [0.3, 0.4) is 0 Å². The van der Waals surface area contributed by atoms with Crippen LogP contribution in [0.1, 0.15) is 105 Å². The fourth-order valence-electron chi connectivity index (χ4n) is 2.87. The molecule has 0 rings (SSSR count). The smallest absolute Gasteiger partial charge is 0.411 e. The van der Waals surface area contributed by atoms with Gasteiger partial charge in [-0.3, -0.25) is 0 Å². The Morgan fingerprint density at radius 2 is 1.12 bits per heavy atom. The zero-order valence-corrected chi connectivity index (χ0v) is 17.4. The number of rotatable bonds is 18. The van der Waals surface area contributed by atoms with E-state index in [0.717, 1.165) is 26.1 Å². The first-order chi connectivity index (χ1) is 12.2. The first-order valence-corrected chi connectivity index (χ1v) is 10.8. The zero-order valence-electron chi connectivity index (χ0n) is 17.4. The molecule has 0 radical (unpaired) electrons. The van der Waals surface area contributed by atoms with Crippen LogP contribution in [0.2, 0.25) is 5.82 Å². The highest BCUT2D eigenvalue weighted by Gasteiger charge is 2.30. The molecule has 0 aromatic heterocycles. The highest BCUT2D eigenvalue weighted by atomic mass is 16.6. The predicted molar refractivity (Wildman–Crippen MR) is 109 cm³/mol. The quantitative estimate of drug-likeness (QED) is 0.202. The number of nitriles is 1. The third-order valence-corrected chi connectivity index (χ3v) is 4.98. The lowest BCUT2D eigenvalue weighted by Gasteiger charge is -2.22. The van der Waals surface area contributed by atoms with E-state index in [-0.39, 0.29) is 18.9 Å². The topological polar surface area (TPSA) is 42.2 Å². The lowest BCUT2D eigenvalue weighted by Crippen LogP contribution is -2.31. The average Bonchev–Trinajstić information content (AvgIpc) is 2.63. The van der Waals surface area contributed by atoms with Gasteiger partial charge in [0.05, 0.1) is 6.07 Å². The summed E-state index contributed by atoms with van der Waals surface area (Å²) in [6.45, 7) is 10.0. The number of nitrogens with zero attached hydrogens (tertiary/aromatic N) is 1. The molecule has 0 spiro atoms. The monoisotopic (exact) mass is 351 g/mol. The molecular weight excluding hydrogens is 309 g/mol. The third kappa shape index (κ3) is 14.3. The molecule has 0 aliphatic rings. The maximum Gasteiger partial charge on any atom is 0.461 e. The van der Waals surface area contributed by atoms with Crippen LogP contribution >= 0.6 is 0 Å². The Hall–Kier alpha value is -0.525. The van der Waals surface area contributed by atoms with Crippen LogP contribution in [0, 0.1) is 17.2 Å². The molecule has 2 unspecified atom stereocenters. The summed E-state index contributed by atoms with van der Waals surface area (Å²) in [4.78, 5) is 0. The van der Waals surface area contributed by atoms with Gasteiger partial charge in [0.15, 0.2) is 0 Å². The van der Waals surface area contributed by atoms with Gasteiger partial charge >= 0.3 is 7.12 Å². The van der Waals surface area contributed by atoms with Crippen LogP contribution in [0.25, 0.3) is 0 Å². The molecule has 0 fully saturated rings. The Bertz CT molecular complexity index is 302. The standard InChI is InChI=1S/C21H42BNO2/c1-5-7-9-11-13-15-17-24-22(21(4)20(3)19-23)25-18-16-14-12-10-8-6-2/h20-21H,5-18H2,1-4H3. The lowest BCUT2D eigenvalue weighted by atomic mass is 9.66. The van der Waals surface area contributed by atoms with E-state index in [0.29, 0.717) is 0 Å². The fourth-order valence-corrected chi connectivity index (χ4v) is 2.87. The average molecular weight is 351 g/mol. The summed E-state index contributed by atoms with van der Waals surface area (Å²) in [5, 5.41) is 9.18. The van der Waals surface area contributed by atoms with Crippen molar-refractivity contribution in [1.29, 1.82) is 5.26 Å². The van der Waals surface area contributed by atoms with Crippen molar-refractivity contribution in [2.75, 3.05) is 13.2 Å². The van der Waals surface area contributed by atoms with Crippen molar-refractivity contribution in [2.45, 2.75) is 111 Å². The largest absolute Gasteiger partial charge is 0.461 e. The SMILES string of the molecule is CCCCCCCCOB(OCCCCCCCC)C(C)C(C)C#N. The van der Waals surface area contributed by atoms with Crippen LogP contribution in [0.15, 0.2) is 0 Å². The summed E-state index contributed by atoms with van der Waals surface area (Å²) < 4.78 is 12.0. The van der Waals surface area contributed by atoms with Crippen LogP contribution < -0.4 is 0 Å². The van der Waals surface area contributed by atoms with E-state index in [9.17, 15) is 5.26 Å². The minimum Gasteiger partial charge on any atom is -0.411 e. The van der Waals surface area contributed by atoms with Crippen molar-refractivity contribution in [3.05, 3.63) is 0 Å². The molecule has 0 saturated carbocycles. The van der Waals surface area contributed by atoms with Gasteiger partial charge in [0.1, 0.15) is 0 Å². The first-order valence-electron chi connectivity index (χ1n) is 10.8. The summed E-state index contributed by atoms with van der Waals surface area (Å²) in [6, 6.07) is 2.33. The van der Waals surface area contributed by atoms with E-state index in [4.69, 9.17) is 9.31 Å². The number of hydrogen-bond acceptors (Lipinski definition) is 3. The summed E-state index contributed by atoms with van der Waals surface area (Å²) >= 11 is 0. The van der Waals surface area contributed by atoms with Gasteiger partial charge in [-0.05, 0) is 19.8 Å². The van der Waals surface area contributed by atoms with Gasteiger partial charge in [0.25, 0.3) is 0 Å². The maximum atomic E-state index is 9.18. The molecule has 146 valence electrons. The normalized spacial score (nSPS) is 13.4. The Morgan fingerprint density at radius 1 is 0.720 bits per heavy atom. The second-order valence-electron chi connectivity index (χ2n) is 7.42. The molecule has 4 heteroatoms. The van der Waals surface area contributed by atoms with E-state index < -0.39 is 0 Å². The molecule has 3 nitrogen and oxygen atoms in total. The maximum absolute atomic E-state index is 9.18. The number of unbranched alkanes of at least 4 members (excludes halogenated alkanes) is 10. The van der Waals surface area contributed by atoms with Crippen LogP contribution in [0.4, 0.5) is 0 Å². The molecular formula is C21H42BNO2. The molecule has 0 N–H and O–H groups in total.